The van der Waals surface area contributed by atoms with Crippen LogP contribution in [0.2, 0.25) is 0 Å². The van der Waals surface area contributed by atoms with E-state index < -0.39 is 0 Å². The molecule has 0 heterocycles. The smallest absolute Gasteiger partial charge is 0.309 e. The number of carbonyl (C=O) groups is 3. The Kier molecular flexibility index (Phi) is 6.02. The SMILES string of the molecule is COC(=O)C1CCCCC1C(=O)N(CC(=O)NC1CC1)C(C)C. The van der Waals surface area contributed by atoms with Gasteiger partial charge < -0.3 is 15.0 Å². The van der Waals surface area contributed by atoms with E-state index in [4.69, 9.17) is 4.74 Å². The van der Waals surface area contributed by atoms with Crippen molar-refractivity contribution < 1.29 is 19.1 Å². The summed E-state index contributed by atoms with van der Waals surface area (Å²) in [7, 11) is 1.36. The van der Waals surface area contributed by atoms with E-state index in [1.54, 1.807) is 4.90 Å². The van der Waals surface area contributed by atoms with Gasteiger partial charge in [-0.25, -0.2) is 0 Å². The molecule has 6 nitrogen and oxygen atoms in total. The van der Waals surface area contributed by atoms with Crippen LogP contribution in [0.3, 0.4) is 0 Å². The van der Waals surface area contributed by atoms with Gasteiger partial charge in [0.05, 0.1) is 25.5 Å². The Morgan fingerprint density at radius 3 is 2.22 bits per heavy atom. The monoisotopic (exact) mass is 324 g/mol. The van der Waals surface area contributed by atoms with Crippen LogP contribution in [-0.4, -0.2) is 48.4 Å². The van der Waals surface area contributed by atoms with Crippen molar-refractivity contribution in [2.24, 2.45) is 11.8 Å². The Morgan fingerprint density at radius 2 is 1.70 bits per heavy atom. The van der Waals surface area contributed by atoms with E-state index in [0.717, 1.165) is 25.7 Å². The maximum atomic E-state index is 12.9. The third kappa shape index (κ3) is 4.69. The van der Waals surface area contributed by atoms with Crippen molar-refractivity contribution in [3.63, 3.8) is 0 Å². The molecule has 2 unspecified atom stereocenters. The molecule has 23 heavy (non-hydrogen) atoms. The Balaban J connectivity index is 2.04. The van der Waals surface area contributed by atoms with Gasteiger partial charge in [-0.15, -0.1) is 0 Å². The van der Waals surface area contributed by atoms with Gasteiger partial charge in [0.25, 0.3) is 0 Å². The van der Waals surface area contributed by atoms with Gasteiger partial charge in [-0.1, -0.05) is 12.8 Å². The summed E-state index contributed by atoms with van der Waals surface area (Å²) < 4.78 is 4.86. The van der Waals surface area contributed by atoms with Gasteiger partial charge in [0, 0.05) is 12.1 Å². The number of nitrogens with zero attached hydrogens (tertiary/aromatic N) is 1. The van der Waals surface area contributed by atoms with Crippen molar-refractivity contribution in [2.75, 3.05) is 13.7 Å². The van der Waals surface area contributed by atoms with Crippen molar-refractivity contribution in [3.8, 4) is 0 Å². The molecule has 2 aliphatic carbocycles. The molecule has 0 aromatic carbocycles. The Labute approximate surface area is 137 Å². The van der Waals surface area contributed by atoms with Crippen molar-refractivity contribution in [2.45, 2.75) is 64.5 Å². The largest absolute Gasteiger partial charge is 0.469 e. The fourth-order valence-electron chi connectivity index (χ4n) is 3.24. The zero-order valence-corrected chi connectivity index (χ0v) is 14.3. The second kappa shape index (κ2) is 7.79. The van der Waals surface area contributed by atoms with E-state index in [1.807, 2.05) is 13.8 Å². The summed E-state index contributed by atoms with van der Waals surface area (Å²) in [5.74, 6) is -1.27. The first-order valence-corrected chi connectivity index (χ1v) is 8.61. The van der Waals surface area contributed by atoms with E-state index in [-0.39, 0.29) is 48.2 Å². The molecule has 0 saturated heterocycles. The molecule has 2 fully saturated rings. The van der Waals surface area contributed by atoms with Gasteiger partial charge in [0.2, 0.25) is 11.8 Å². The molecular weight excluding hydrogens is 296 g/mol. The van der Waals surface area contributed by atoms with Crippen LogP contribution in [0.5, 0.6) is 0 Å². The number of methoxy groups -OCH3 is 1. The minimum absolute atomic E-state index is 0.0669. The van der Waals surface area contributed by atoms with Crippen LogP contribution in [0.1, 0.15) is 52.4 Å². The molecule has 2 atom stereocenters. The average Bonchev–Trinajstić information content (AvgIpc) is 3.34. The van der Waals surface area contributed by atoms with Crippen molar-refractivity contribution in [1.29, 1.82) is 0 Å². The summed E-state index contributed by atoms with van der Waals surface area (Å²) in [6, 6.07) is 0.205. The van der Waals surface area contributed by atoms with Crippen molar-refractivity contribution in [1.82, 2.24) is 10.2 Å². The first kappa shape index (κ1) is 17.8. The molecular formula is C17H28N2O4. The molecule has 2 aliphatic rings. The number of nitrogens with one attached hydrogen (secondary N) is 1. The first-order valence-electron chi connectivity index (χ1n) is 8.61. The van der Waals surface area contributed by atoms with Gasteiger partial charge in [0.1, 0.15) is 0 Å². The number of amides is 2. The predicted molar refractivity (Wildman–Crippen MR) is 85.5 cm³/mol. The summed E-state index contributed by atoms with van der Waals surface area (Å²) in [5, 5.41) is 2.92. The highest BCUT2D eigenvalue weighted by molar-refractivity contribution is 5.89. The van der Waals surface area contributed by atoms with Crippen LogP contribution >= 0.6 is 0 Å². The molecule has 2 amide bonds. The number of rotatable bonds is 6. The van der Waals surface area contributed by atoms with E-state index in [0.29, 0.717) is 12.8 Å². The number of hydrogen-bond donors (Lipinski definition) is 1. The van der Waals surface area contributed by atoms with Crippen LogP contribution in [0, 0.1) is 11.8 Å². The van der Waals surface area contributed by atoms with E-state index in [9.17, 15) is 14.4 Å². The lowest BCUT2D eigenvalue weighted by atomic mass is 9.78. The highest BCUT2D eigenvalue weighted by atomic mass is 16.5. The maximum absolute atomic E-state index is 12.9. The molecule has 1 N–H and O–H groups in total. The van der Waals surface area contributed by atoms with Gasteiger partial charge >= 0.3 is 5.97 Å². The lowest BCUT2D eigenvalue weighted by Crippen LogP contribution is -2.49. The Hall–Kier alpha value is -1.59. The lowest BCUT2D eigenvalue weighted by molar-refractivity contribution is -0.156. The Morgan fingerprint density at radius 1 is 1.09 bits per heavy atom. The standard InChI is InChI=1S/C17H28N2O4/c1-11(2)19(10-15(20)18-12-8-9-12)16(21)13-6-4-5-7-14(13)17(22)23-3/h11-14H,4-10H2,1-3H3,(H,18,20). The average molecular weight is 324 g/mol. The highest BCUT2D eigenvalue weighted by Gasteiger charge is 2.39. The topological polar surface area (TPSA) is 75.7 Å². The van der Waals surface area contributed by atoms with Gasteiger partial charge in [-0.05, 0) is 39.5 Å². The quantitative estimate of drug-likeness (QED) is 0.751. The van der Waals surface area contributed by atoms with Crippen LogP contribution < -0.4 is 5.32 Å². The minimum atomic E-state index is -0.381. The molecule has 0 radical (unpaired) electrons. The van der Waals surface area contributed by atoms with Crippen LogP contribution in [-0.2, 0) is 19.1 Å². The molecule has 6 heteroatoms. The van der Waals surface area contributed by atoms with Gasteiger partial charge in [0.15, 0.2) is 0 Å². The summed E-state index contributed by atoms with van der Waals surface area (Å²) in [5.41, 5.74) is 0. The molecule has 0 aliphatic heterocycles. The van der Waals surface area contributed by atoms with Gasteiger partial charge in [-0.3, -0.25) is 14.4 Å². The highest BCUT2D eigenvalue weighted by Crippen LogP contribution is 2.32. The molecule has 0 bridgehead atoms. The fourth-order valence-corrected chi connectivity index (χ4v) is 3.24. The number of ether oxygens (including phenoxy) is 1. The molecule has 130 valence electrons. The van der Waals surface area contributed by atoms with E-state index >= 15 is 0 Å². The first-order chi connectivity index (χ1) is 10.9. The zero-order chi connectivity index (χ0) is 17.0. The molecule has 0 aromatic rings. The van der Waals surface area contributed by atoms with Crippen LogP contribution in [0.15, 0.2) is 0 Å². The summed E-state index contributed by atoms with van der Waals surface area (Å²) >= 11 is 0. The number of hydrogen-bond acceptors (Lipinski definition) is 4. The molecule has 2 saturated carbocycles. The number of carbonyl (C=O) groups excluding carboxylic acids is 3. The third-order valence-electron chi connectivity index (χ3n) is 4.75. The summed E-state index contributed by atoms with van der Waals surface area (Å²) in [6.45, 7) is 3.87. The fraction of sp³-hybridized carbons (Fsp3) is 0.824. The lowest BCUT2D eigenvalue weighted by Gasteiger charge is -2.35. The van der Waals surface area contributed by atoms with E-state index in [2.05, 4.69) is 5.32 Å². The third-order valence-corrected chi connectivity index (χ3v) is 4.75. The van der Waals surface area contributed by atoms with Crippen molar-refractivity contribution in [3.05, 3.63) is 0 Å². The Bertz CT molecular complexity index is 460. The van der Waals surface area contributed by atoms with E-state index in [1.165, 1.54) is 7.11 Å². The van der Waals surface area contributed by atoms with Crippen LogP contribution in [0.4, 0.5) is 0 Å². The van der Waals surface area contributed by atoms with Crippen molar-refractivity contribution >= 4 is 17.8 Å². The molecule has 0 spiro atoms. The van der Waals surface area contributed by atoms with Crippen LogP contribution in [0.25, 0.3) is 0 Å². The second-order valence-electron chi connectivity index (χ2n) is 6.92. The molecule has 0 aromatic heterocycles. The normalized spacial score (nSPS) is 24.2. The zero-order valence-electron chi connectivity index (χ0n) is 14.3. The van der Waals surface area contributed by atoms with Gasteiger partial charge in [-0.2, -0.15) is 0 Å². The second-order valence-corrected chi connectivity index (χ2v) is 6.92. The summed E-state index contributed by atoms with van der Waals surface area (Å²) in [6.07, 6.45) is 5.29. The minimum Gasteiger partial charge on any atom is -0.469 e. The summed E-state index contributed by atoms with van der Waals surface area (Å²) in [4.78, 5) is 38.6. The number of esters is 1. The maximum Gasteiger partial charge on any atom is 0.309 e. The molecule has 2 rings (SSSR count). The predicted octanol–water partition coefficient (Wildman–Crippen LogP) is 1.48.